The molecular formula is C32H33F6N5O3. The smallest absolute Gasteiger partial charge is 0.423 e. The van der Waals surface area contributed by atoms with Crippen molar-refractivity contribution in [3.05, 3.63) is 93.8 Å². The maximum absolute atomic E-state index is 13.3. The maximum Gasteiger partial charge on any atom is 0.423 e. The molecule has 2 fully saturated rings. The zero-order chi connectivity index (χ0) is 32.9. The number of alkyl halides is 6. The molecule has 2 aliphatic rings. The van der Waals surface area contributed by atoms with Crippen molar-refractivity contribution in [2.45, 2.75) is 50.2 Å². The zero-order valence-corrected chi connectivity index (χ0v) is 24.7. The summed E-state index contributed by atoms with van der Waals surface area (Å²) in [5.74, 6) is 0.640. The number of nitro groups is 1. The van der Waals surface area contributed by atoms with Gasteiger partial charge in [0.25, 0.3) is 5.69 Å². The number of nitrogens with one attached hydrogen (secondary N) is 1. The Kier molecular flexibility index (Phi) is 10.0. The summed E-state index contributed by atoms with van der Waals surface area (Å²) in [6, 6.07) is 9.90. The lowest BCUT2D eigenvalue weighted by molar-refractivity contribution is -0.388. The van der Waals surface area contributed by atoms with E-state index in [1.807, 2.05) is 18.2 Å². The second kappa shape index (κ2) is 14.0. The number of benzene rings is 2. The minimum atomic E-state index is -4.83. The van der Waals surface area contributed by atoms with E-state index in [2.05, 4.69) is 20.1 Å². The van der Waals surface area contributed by atoms with E-state index in [4.69, 9.17) is 4.74 Å². The molecule has 2 aromatic carbocycles. The molecule has 0 radical (unpaired) electrons. The van der Waals surface area contributed by atoms with E-state index in [0.717, 1.165) is 56.1 Å². The van der Waals surface area contributed by atoms with Crippen LogP contribution in [0.15, 0.2) is 67.0 Å². The number of piperazine rings is 1. The lowest BCUT2D eigenvalue weighted by Gasteiger charge is -2.35. The molecule has 1 N–H and O–H groups in total. The van der Waals surface area contributed by atoms with Crippen molar-refractivity contribution >= 4 is 23.1 Å². The number of hydrogen-bond acceptors (Lipinski definition) is 7. The third kappa shape index (κ3) is 8.68. The highest BCUT2D eigenvalue weighted by Gasteiger charge is 2.38. The zero-order valence-electron chi connectivity index (χ0n) is 24.7. The van der Waals surface area contributed by atoms with Gasteiger partial charge in [0, 0.05) is 56.6 Å². The minimum absolute atomic E-state index is 0.0778. The molecule has 1 saturated heterocycles. The van der Waals surface area contributed by atoms with Gasteiger partial charge in [0.1, 0.15) is 11.3 Å². The molecule has 1 aliphatic heterocycles. The number of anilines is 2. The van der Waals surface area contributed by atoms with Gasteiger partial charge in [-0.1, -0.05) is 24.3 Å². The van der Waals surface area contributed by atoms with Crippen LogP contribution in [0.25, 0.3) is 6.08 Å². The van der Waals surface area contributed by atoms with Gasteiger partial charge < -0.3 is 15.0 Å². The summed E-state index contributed by atoms with van der Waals surface area (Å²) in [4.78, 5) is 18.8. The second-order valence-corrected chi connectivity index (χ2v) is 11.4. The summed E-state index contributed by atoms with van der Waals surface area (Å²) in [6.45, 7) is 3.84. The predicted molar refractivity (Wildman–Crippen MR) is 162 cm³/mol. The van der Waals surface area contributed by atoms with Crippen molar-refractivity contribution < 1.29 is 36.0 Å². The Morgan fingerprint density at radius 2 is 1.61 bits per heavy atom. The third-order valence-corrected chi connectivity index (χ3v) is 8.19. The van der Waals surface area contributed by atoms with Crippen molar-refractivity contribution in [2.75, 3.05) is 42.9 Å². The Morgan fingerprint density at radius 3 is 2.24 bits per heavy atom. The average molecular weight is 650 g/mol. The monoisotopic (exact) mass is 649 g/mol. The number of nitro benzene ring substituents is 1. The number of nitrogens with zero attached hydrogens (tertiary/aromatic N) is 4. The van der Waals surface area contributed by atoms with E-state index < -0.39 is 34.1 Å². The van der Waals surface area contributed by atoms with Gasteiger partial charge in [-0.3, -0.25) is 20.0 Å². The molecule has 0 spiro atoms. The van der Waals surface area contributed by atoms with Crippen LogP contribution in [0.2, 0.25) is 0 Å². The second-order valence-electron chi connectivity index (χ2n) is 11.4. The molecule has 46 heavy (non-hydrogen) atoms. The number of pyridine rings is 1. The van der Waals surface area contributed by atoms with Gasteiger partial charge in [0.15, 0.2) is 0 Å². The summed E-state index contributed by atoms with van der Waals surface area (Å²) in [5, 5.41) is 14.1. The quantitative estimate of drug-likeness (QED) is 0.145. The van der Waals surface area contributed by atoms with Crippen molar-refractivity contribution in [3.63, 3.8) is 0 Å². The molecular weight excluding hydrogens is 616 g/mol. The molecule has 0 bridgehead atoms. The van der Waals surface area contributed by atoms with Crippen LogP contribution in [0.1, 0.15) is 42.4 Å². The lowest BCUT2D eigenvalue weighted by atomic mass is 9.92. The first-order valence-corrected chi connectivity index (χ1v) is 14.9. The van der Waals surface area contributed by atoms with Gasteiger partial charge in [0.05, 0.1) is 34.7 Å². The fraction of sp³-hybridized carbons (Fsp3) is 0.406. The highest BCUT2D eigenvalue weighted by atomic mass is 19.4. The average Bonchev–Trinajstić information content (AvgIpc) is 3.02. The Hall–Kier alpha value is -4.33. The molecule has 14 heteroatoms. The topological polar surface area (TPSA) is 83.8 Å². The van der Waals surface area contributed by atoms with Gasteiger partial charge in [-0.15, -0.1) is 0 Å². The summed E-state index contributed by atoms with van der Waals surface area (Å²) in [7, 11) is 0. The fourth-order valence-electron chi connectivity index (χ4n) is 5.72. The lowest BCUT2D eigenvalue weighted by Crippen LogP contribution is -2.46. The number of rotatable bonds is 9. The first kappa shape index (κ1) is 33.0. The van der Waals surface area contributed by atoms with Gasteiger partial charge in [-0.2, -0.15) is 26.3 Å². The summed E-state index contributed by atoms with van der Waals surface area (Å²) >= 11 is 0. The van der Waals surface area contributed by atoms with Crippen LogP contribution in [-0.4, -0.2) is 59.7 Å². The van der Waals surface area contributed by atoms with E-state index in [0.29, 0.717) is 43.5 Å². The SMILES string of the molecule is O=[N+]([O-])c1ccc(N[C@H]2CC[C@H](Oc3cncc(N4CCN(C/C=C/c5ccc(C(F)(F)F)cc5)CC4)c3)CC2)cc1C(F)(F)F. The van der Waals surface area contributed by atoms with Crippen LogP contribution < -0.4 is 15.0 Å². The minimum Gasteiger partial charge on any atom is -0.489 e. The number of ether oxygens (including phenoxy) is 1. The summed E-state index contributed by atoms with van der Waals surface area (Å²) in [6.07, 6.45) is 0.629. The highest BCUT2D eigenvalue weighted by Crippen LogP contribution is 2.38. The standard InChI is InChI=1S/C32H33F6N5O3/c33-31(34,35)23-5-3-22(4-6-23)2-1-13-41-14-16-42(17-15-41)26-19-28(21-39-20-26)46-27-10-7-24(8-11-27)40-25-9-12-30(43(44)45)29(18-25)32(36,37)38/h1-6,9,12,18-21,24,27,40H,7-8,10-11,13-17H2/b2-1+/t24-,27-. The predicted octanol–water partition coefficient (Wildman–Crippen LogP) is 7.66. The Balaban J connectivity index is 1.07. The normalized spacial score (nSPS) is 19.7. The molecule has 3 aromatic rings. The Labute approximate surface area is 261 Å². The molecule has 1 aromatic heterocycles. The first-order valence-electron chi connectivity index (χ1n) is 14.9. The molecule has 246 valence electrons. The largest absolute Gasteiger partial charge is 0.489 e. The molecule has 8 nitrogen and oxygen atoms in total. The highest BCUT2D eigenvalue weighted by molar-refractivity contribution is 5.56. The van der Waals surface area contributed by atoms with Crippen molar-refractivity contribution in [1.82, 2.24) is 9.88 Å². The van der Waals surface area contributed by atoms with E-state index in [9.17, 15) is 36.5 Å². The van der Waals surface area contributed by atoms with Crippen LogP contribution in [0, 0.1) is 10.1 Å². The molecule has 1 saturated carbocycles. The molecule has 0 amide bonds. The van der Waals surface area contributed by atoms with Crippen LogP contribution in [-0.2, 0) is 12.4 Å². The van der Waals surface area contributed by atoms with E-state index in [-0.39, 0.29) is 17.8 Å². The van der Waals surface area contributed by atoms with Gasteiger partial charge in [-0.05, 0) is 55.5 Å². The van der Waals surface area contributed by atoms with Gasteiger partial charge in [0.2, 0.25) is 0 Å². The van der Waals surface area contributed by atoms with Crippen molar-refractivity contribution in [3.8, 4) is 5.75 Å². The fourth-order valence-corrected chi connectivity index (χ4v) is 5.72. The summed E-state index contributed by atoms with van der Waals surface area (Å²) in [5.41, 5.74) is -1.08. The molecule has 0 unspecified atom stereocenters. The molecule has 0 atom stereocenters. The number of aromatic nitrogens is 1. The van der Waals surface area contributed by atoms with Crippen LogP contribution in [0.3, 0.4) is 0 Å². The Bertz CT molecular complexity index is 1510. The molecule has 5 rings (SSSR count). The molecule has 2 heterocycles. The van der Waals surface area contributed by atoms with Gasteiger partial charge in [-0.25, -0.2) is 0 Å². The maximum atomic E-state index is 13.3. The van der Waals surface area contributed by atoms with Crippen LogP contribution in [0.5, 0.6) is 5.75 Å². The Morgan fingerprint density at radius 1 is 0.913 bits per heavy atom. The first-order chi connectivity index (χ1) is 21.8. The third-order valence-electron chi connectivity index (χ3n) is 8.19. The van der Waals surface area contributed by atoms with E-state index in [1.54, 1.807) is 12.4 Å². The van der Waals surface area contributed by atoms with Gasteiger partial charge >= 0.3 is 12.4 Å². The van der Waals surface area contributed by atoms with E-state index >= 15 is 0 Å². The van der Waals surface area contributed by atoms with Crippen LogP contribution >= 0.6 is 0 Å². The molecule has 1 aliphatic carbocycles. The number of halogens is 6. The van der Waals surface area contributed by atoms with Crippen LogP contribution in [0.4, 0.5) is 43.4 Å². The van der Waals surface area contributed by atoms with Crippen molar-refractivity contribution in [1.29, 1.82) is 0 Å². The number of hydrogen-bond donors (Lipinski definition) is 1. The van der Waals surface area contributed by atoms with Crippen molar-refractivity contribution in [2.24, 2.45) is 0 Å². The summed E-state index contributed by atoms with van der Waals surface area (Å²) < 4.78 is 84.5. The van der Waals surface area contributed by atoms with E-state index in [1.165, 1.54) is 18.2 Å².